The van der Waals surface area contributed by atoms with E-state index < -0.39 is 22.2 Å². The van der Waals surface area contributed by atoms with Gasteiger partial charge in [-0.15, -0.1) is 0 Å². The van der Waals surface area contributed by atoms with E-state index in [0.29, 0.717) is 0 Å². The first-order valence-electron chi connectivity index (χ1n) is 8.41. The van der Waals surface area contributed by atoms with Gasteiger partial charge in [0.05, 0.1) is 0 Å². The highest BCUT2D eigenvalue weighted by Gasteiger charge is 2.66. The van der Waals surface area contributed by atoms with Gasteiger partial charge in [0.15, 0.2) is 16.6 Å². The maximum atomic E-state index is 14.0. The summed E-state index contributed by atoms with van der Waals surface area (Å²) in [4.78, 5) is 0. The minimum Gasteiger partial charge on any atom is -0.407 e. The van der Waals surface area contributed by atoms with Gasteiger partial charge in [0.2, 0.25) is 0 Å². The average Bonchev–Trinajstić information content (AvgIpc) is 2.37. The first-order chi connectivity index (χ1) is 10.5. The molecule has 0 spiro atoms. The smallest absolute Gasteiger partial charge is 0.185 e. The van der Waals surface area contributed by atoms with Crippen molar-refractivity contribution in [1.29, 1.82) is 0 Å². The minimum atomic E-state index is -1.83. The fourth-order valence-electron chi connectivity index (χ4n) is 3.96. The summed E-state index contributed by atoms with van der Waals surface area (Å²) in [5.74, 6) is -0.209. The molecule has 1 saturated carbocycles. The lowest BCUT2D eigenvalue weighted by molar-refractivity contribution is -0.202. The molecule has 1 aliphatic carbocycles. The molecule has 1 heterocycles. The highest BCUT2D eigenvalue weighted by molar-refractivity contribution is 6.70. The predicted octanol–water partition coefficient (Wildman–Crippen LogP) is 4.68. The molecule has 0 aromatic heterocycles. The van der Waals surface area contributed by atoms with Gasteiger partial charge in [0.1, 0.15) is 17.0 Å². The Labute approximate surface area is 140 Å². The number of benzene rings is 1. The second kappa shape index (κ2) is 5.15. The predicted molar refractivity (Wildman–Crippen MR) is 97.4 cm³/mol. The van der Waals surface area contributed by atoms with Crippen LogP contribution in [0.25, 0.3) is 0 Å². The number of hydrogen-bond donors (Lipinski definition) is 1. The molecular formula is C17H28FNO2Si2. The molecule has 1 aromatic carbocycles. The van der Waals surface area contributed by atoms with E-state index in [-0.39, 0.29) is 11.4 Å². The monoisotopic (exact) mass is 353 g/mol. The maximum absolute atomic E-state index is 14.0. The van der Waals surface area contributed by atoms with Crippen LogP contribution in [0, 0.1) is 5.82 Å². The molecule has 3 rings (SSSR count). The van der Waals surface area contributed by atoms with Gasteiger partial charge < -0.3 is 14.2 Å². The van der Waals surface area contributed by atoms with E-state index in [9.17, 15) is 4.39 Å². The fourth-order valence-corrected chi connectivity index (χ4v) is 6.92. The SMILES string of the molecule is C[Si](C)(C)O[C@@]12CC[C@]1(O[Si](C)(C)C)c1cc(F)ccc1NC2. The molecule has 0 bridgehead atoms. The standard InChI is InChI=1S/C17H28FNO2Si2/c1-22(2,3)20-16-9-10-17(16,21-23(4,5)6)14-11-13(18)7-8-15(14)19-12-16/h7-8,11,19H,9-10,12H2,1-6H3/t16-,17+/m1/s1. The summed E-state index contributed by atoms with van der Waals surface area (Å²) < 4.78 is 27.4. The van der Waals surface area contributed by atoms with E-state index in [4.69, 9.17) is 8.85 Å². The molecule has 1 aromatic rings. The van der Waals surface area contributed by atoms with Crippen LogP contribution in [0.4, 0.5) is 10.1 Å². The van der Waals surface area contributed by atoms with Crippen LogP contribution in [0.2, 0.25) is 39.3 Å². The molecular weight excluding hydrogens is 325 g/mol. The van der Waals surface area contributed by atoms with Crippen molar-refractivity contribution in [3.8, 4) is 0 Å². The number of rotatable bonds is 4. The summed E-state index contributed by atoms with van der Waals surface area (Å²) in [6.45, 7) is 13.9. The minimum absolute atomic E-state index is 0.209. The van der Waals surface area contributed by atoms with Crippen molar-refractivity contribution in [2.45, 2.75) is 63.3 Å². The third-order valence-electron chi connectivity index (χ3n) is 4.58. The second-order valence-electron chi connectivity index (χ2n) is 8.79. The number of nitrogens with one attached hydrogen (secondary N) is 1. The summed E-state index contributed by atoms with van der Waals surface area (Å²) in [5, 5.41) is 3.46. The highest BCUT2D eigenvalue weighted by Crippen LogP contribution is 2.60. The molecule has 1 aliphatic heterocycles. The van der Waals surface area contributed by atoms with E-state index >= 15 is 0 Å². The zero-order valence-corrected chi connectivity index (χ0v) is 17.0. The van der Waals surface area contributed by atoms with Crippen molar-refractivity contribution >= 4 is 22.3 Å². The zero-order valence-electron chi connectivity index (χ0n) is 15.0. The largest absolute Gasteiger partial charge is 0.407 e. The Morgan fingerprint density at radius 3 is 2.17 bits per heavy atom. The molecule has 1 fully saturated rings. The van der Waals surface area contributed by atoms with Gasteiger partial charge >= 0.3 is 0 Å². The molecule has 2 aliphatic rings. The van der Waals surface area contributed by atoms with Crippen molar-refractivity contribution in [2.24, 2.45) is 0 Å². The topological polar surface area (TPSA) is 30.5 Å². The van der Waals surface area contributed by atoms with Crippen LogP contribution < -0.4 is 5.32 Å². The molecule has 23 heavy (non-hydrogen) atoms. The molecule has 0 amide bonds. The third-order valence-corrected chi connectivity index (χ3v) is 6.54. The van der Waals surface area contributed by atoms with Crippen LogP contribution in [0.15, 0.2) is 18.2 Å². The molecule has 128 valence electrons. The van der Waals surface area contributed by atoms with Crippen molar-refractivity contribution in [2.75, 3.05) is 11.9 Å². The maximum Gasteiger partial charge on any atom is 0.185 e. The number of anilines is 1. The van der Waals surface area contributed by atoms with Gasteiger partial charge in [-0.05, 0) is 70.3 Å². The second-order valence-corrected chi connectivity index (χ2v) is 17.7. The molecule has 0 saturated heterocycles. The summed E-state index contributed by atoms with van der Waals surface area (Å²) in [7, 11) is -3.59. The molecule has 1 N–H and O–H groups in total. The zero-order chi connectivity index (χ0) is 17.1. The highest BCUT2D eigenvalue weighted by atomic mass is 28.4. The molecule has 6 heteroatoms. The Balaban J connectivity index is 2.12. The Morgan fingerprint density at radius 1 is 1.00 bits per heavy atom. The van der Waals surface area contributed by atoms with E-state index in [0.717, 1.165) is 30.6 Å². The van der Waals surface area contributed by atoms with E-state index in [1.807, 2.05) is 6.07 Å². The van der Waals surface area contributed by atoms with Gasteiger partial charge in [-0.1, -0.05) is 0 Å². The summed E-state index contributed by atoms with van der Waals surface area (Å²) in [6, 6.07) is 4.99. The van der Waals surface area contributed by atoms with Crippen molar-refractivity contribution in [3.05, 3.63) is 29.6 Å². The summed E-state index contributed by atoms with van der Waals surface area (Å²) in [6.07, 6.45) is 1.87. The van der Waals surface area contributed by atoms with Crippen LogP contribution >= 0.6 is 0 Å². The van der Waals surface area contributed by atoms with E-state index in [1.165, 1.54) is 6.07 Å². The normalized spacial score (nSPS) is 30.0. The number of hydrogen-bond acceptors (Lipinski definition) is 3. The Hall–Kier alpha value is -0.696. The Kier molecular flexibility index (Phi) is 3.84. The Bertz CT molecular complexity index is 626. The third kappa shape index (κ3) is 2.90. The van der Waals surface area contributed by atoms with Crippen molar-refractivity contribution < 1.29 is 13.2 Å². The van der Waals surface area contributed by atoms with Gasteiger partial charge in [-0.3, -0.25) is 0 Å². The van der Waals surface area contributed by atoms with Gasteiger partial charge in [-0.25, -0.2) is 4.39 Å². The van der Waals surface area contributed by atoms with Crippen LogP contribution in [-0.4, -0.2) is 28.8 Å². The lowest BCUT2D eigenvalue weighted by Crippen LogP contribution is -2.72. The average molecular weight is 354 g/mol. The van der Waals surface area contributed by atoms with E-state index in [2.05, 4.69) is 44.6 Å². The van der Waals surface area contributed by atoms with Gasteiger partial charge in [0.25, 0.3) is 0 Å². The molecule has 0 radical (unpaired) electrons. The fraction of sp³-hybridized carbons (Fsp3) is 0.647. The van der Waals surface area contributed by atoms with Gasteiger partial charge in [-0.2, -0.15) is 0 Å². The van der Waals surface area contributed by atoms with Crippen LogP contribution in [-0.2, 0) is 14.5 Å². The van der Waals surface area contributed by atoms with Crippen molar-refractivity contribution in [1.82, 2.24) is 0 Å². The Morgan fingerprint density at radius 2 is 1.65 bits per heavy atom. The lowest BCUT2D eigenvalue weighted by Gasteiger charge is -2.64. The molecule has 3 nitrogen and oxygen atoms in total. The van der Waals surface area contributed by atoms with E-state index in [1.54, 1.807) is 6.07 Å². The number of halogens is 1. The lowest BCUT2D eigenvalue weighted by atomic mass is 9.60. The molecule has 0 unspecified atom stereocenters. The molecule has 2 atom stereocenters. The van der Waals surface area contributed by atoms with Crippen molar-refractivity contribution in [3.63, 3.8) is 0 Å². The first kappa shape index (κ1) is 17.1. The van der Waals surface area contributed by atoms with Crippen LogP contribution in [0.3, 0.4) is 0 Å². The quantitative estimate of drug-likeness (QED) is 0.797. The number of fused-ring (bicyclic) bond motifs is 3. The van der Waals surface area contributed by atoms with Crippen LogP contribution in [0.1, 0.15) is 18.4 Å². The summed E-state index contributed by atoms with van der Waals surface area (Å²) in [5.41, 5.74) is 1.06. The first-order valence-corrected chi connectivity index (χ1v) is 15.2. The van der Waals surface area contributed by atoms with Crippen LogP contribution in [0.5, 0.6) is 0 Å². The van der Waals surface area contributed by atoms with Gasteiger partial charge in [0, 0.05) is 17.8 Å². The summed E-state index contributed by atoms with van der Waals surface area (Å²) >= 11 is 0.